The van der Waals surface area contributed by atoms with Gasteiger partial charge >= 0.3 is 0 Å². The van der Waals surface area contributed by atoms with Crippen LogP contribution >= 0.6 is 0 Å². The number of halogens is 2. The van der Waals surface area contributed by atoms with Gasteiger partial charge in [-0.05, 0) is 61.1 Å². The number of hydrogen-bond acceptors (Lipinski definition) is 2. The molecule has 1 fully saturated rings. The Morgan fingerprint density at radius 2 is 1.72 bits per heavy atom. The lowest BCUT2D eigenvalue weighted by Gasteiger charge is -2.20. The van der Waals surface area contributed by atoms with Crippen molar-refractivity contribution in [3.05, 3.63) is 35.4 Å². The van der Waals surface area contributed by atoms with E-state index in [4.69, 9.17) is 9.47 Å². The van der Waals surface area contributed by atoms with Gasteiger partial charge in [0.15, 0.2) is 11.5 Å². The van der Waals surface area contributed by atoms with Crippen LogP contribution in [0.25, 0.3) is 0 Å². The molecule has 1 saturated carbocycles. The smallest absolute Gasteiger partial charge is 0.204 e. The van der Waals surface area contributed by atoms with Gasteiger partial charge in [0, 0.05) is 0 Å². The Bertz CT molecular complexity index is 627. The summed E-state index contributed by atoms with van der Waals surface area (Å²) in [6.07, 6.45) is 9.12. The Morgan fingerprint density at radius 1 is 1.00 bits per heavy atom. The number of rotatable bonds is 8. The van der Waals surface area contributed by atoms with Crippen LogP contribution in [0.1, 0.15) is 52.4 Å². The third-order valence-electron chi connectivity index (χ3n) is 5.63. The fraction of sp³-hybridized carbons (Fsp3) is 0.619. The fourth-order valence-corrected chi connectivity index (χ4v) is 4.41. The number of allylic oxidation sites excluding steroid dienone is 1. The molecule has 0 spiro atoms. The quantitative estimate of drug-likeness (QED) is 0.543. The topological polar surface area (TPSA) is 18.5 Å². The summed E-state index contributed by atoms with van der Waals surface area (Å²) in [6.45, 7) is 4.88. The summed E-state index contributed by atoms with van der Waals surface area (Å²) < 4.78 is 39.1. The second kappa shape index (κ2) is 8.20. The molecule has 0 N–H and O–H groups in total. The molecule has 0 heterocycles. The molecule has 2 aliphatic rings. The molecule has 3 rings (SSSR count). The predicted molar refractivity (Wildman–Crippen MR) is 95.0 cm³/mol. The Labute approximate surface area is 149 Å². The molecular weight excluding hydrogens is 322 g/mol. The molecule has 0 amide bonds. The summed E-state index contributed by atoms with van der Waals surface area (Å²) in [5.74, 6) is 0.0977. The van der Waals surface area contributed by atoms with Crippen LogP contribution in [0.2, 0.25) is 0 Å². The van der Waals surface area contributed by atoms with Gasteiger partial charge in [-0.1, -0.05) is 32.8 Å². The van der Waals surface area contributed by atoms with E-state index >= 15 is 0 Å². The summed E-state index contributed by atoms with van der Waals surface area (Å²) in [6, 6.07) is 2.91. The van der Waals surface area contributed by atoms with Gasteiger partial charge in [0.25, 0.3) is 0 Å². The molecule has 25 heavy (non-hydrogen) atoms. The van der Waals surface area contributed by atoms with Crippen molar-refractivity contribution in [2.45, 2.75) is 52.4 Å². The maximum atomic E-state index is 14.2. The van der Waals surface area contributed by atoms with Gasteiger partial charge in [-0.2, -0.15) is 8.78 Å². The van der Waals surface area contributed by atoms with Crippen LogP contribution in [0, 0.1) is 29.4 Å². The van der Waals surface area contributed by atoms with Crippen molar-refractivity contribution >= 4 is 0 Å². The van der Waals surface area contributed by atoms with E-state index in [1.165, 1.54) is 43.4 Å². The van der Waals surface area contributed by atoms with E-state index in [-0.39, 0.29) is 11.5 Å². The van der Waals surface area contributed by atoms with Gasteiger partial charge < -0.3 is 9.47 Å². The van der Waals surface area contributed by atoms with Crippen molar-refractivity contribution in [3.63, 3.8) is 0 Å². The second-order valence-electron chi connectivity index (χ2n) is 7.24. The van der Waals surface area contributed by atoms with E-state index in [0.29, 0.717) is 19.1 Å². The van der Waals surface area contributed by atoms with E-state index < -0.39 is 11.6 Å². The molecule has 1 aromatic carbocycles. The first-order chi connectivity index (χ1) is 12.2. The number of benzene rings is 1. The molecule has 3 unspecified atom stereocenters. The van der Waals surface area contributed by atoms with Gasteiger partial charge in [-0.25, -0.2) is 0 Å². The Morgan fingerprint density at radius 3 is 2.40 bits per heavy atom. The van der Waals surface area contributed by atoms with E-state index in [1.807, 2.05) is 6.92 Å². The molecule has 0 aromatic heterocycles. The van der Waals surface area contributed by atoms with Crippen LogP contribution in [0.15, 0.2) is 23.8 Å². The Kier molecular flexibility index (Phi) is 5.98. The Hall–Kier alpha value is -1.58. The minimum atomic E-state index is -0.965. The van der Waals surface area contributed by atoms with Crippen molar-refractivity contribution in [1.29, 1.82) is 0 Å². The lowest BCUT2D eigenvalue weighted by atomic mass is 9.87. The maximum Gasteiger partial charge on any atom is 0.204 e. The normalized spacial score (nSPS) is 25.0. The zero-order chi connectivity index (χ0) is 17.8. The fourth-order valence-electron chi connectivity index (χ4n) is 4.41. The van der Waals surface area contributed by atoms with E-state index in [2.05, 4.69) is 13.0 Å². The van der Waals surface area contributed by atoms with E-state index in [9.17, 15) is 8.78 Å². The highest BCUT2D eigenvalue weighted by atomic mass is 19.2. The molecule has 0 aliphatic heterocycles. The molecular formula is C21H28F2O2. The van der Waals surface area contributed by atoms with Gasteiger partial charge in [-0.15, -0.1) is 0 Å². The van der Waals surface area contributed by atoms with Crippen LogP contribution in [-0.2, 0) is 0 Å². The molecule has 4 heteroatoms. The average molecular weight is 350 g/mol. The van der Waals surface area contributed by atoms with Crippen molar-refractivity contribution in [2.24, 2.45) is 17.8 Å². The minimum absolute atomic E-state index is 0.0335. The van der Waals surface area contributed by atoms with E-state index in [1.54, 1.807) is 0 Å². The molecule has 0 saturated heterocycles. The summed E-state index contributed by atoms with van der Waals surface area (Å²) in [7, 11) is 0. The monoisotopic (exact) mass is 350 g/mol. The zero-order valence-electron chi connectivity index (χ0n) is 15.2. The first-order valence-electron chi connectivity index (χ1n) is 9.58. The molecule has 0 bridgehead atoms. The highest BCUT2D eigenvalue weighted by Gasteiger charge is 2.40. The summed E-state index contributed by atoms with van der Waals surface area (Å²) in [5, 5.41) is 0. The van der Waals surface area contributed by atoms with Crippen molar-refractivity contribution in [3.8, 4) is 11.5 Å². The predicted octanol–water partition coefficient (Wildman–Crippen LogP) is 5.91. The third-order valence-corrected chi connectivity index (χ3v) is 5.63. The lowest BCUT2D eigenvalue weighted by Crippen LogP contribution is -2.14. The van der Waals surface area contributed by atoms with E-state index in [0.717, 1.165) is 24.7 Å². The molecule has 0 radical (unpaired) electrons. The minimum Gasteiger partial charge on any atom is -0.490 e. The summed E-state index contributed by atoms with van der Waals surface area (Å²) in [5.41, 5.74) is 1.26. The van der Waals surface area contributed by atoms with Gasteiger partial charge in [-0.3, -0.25) is 0 Å². The molecule has 138 valence electrons. The van der Waals surface area contributed by atoms with Crippen LogP contribution in [-0.4, -0.2) is 13.2 Å². The third kappa shape index (κ3) is 3.83. The lowest BCUT2D eigenvalue weighted by molar-refractivity contribution is 0.277. The van der Waals surface area contributed by atoms with Crippen LogP contribution in [0.3, 0.4) is 0 Å². The van der Waals surface area contributed by atoms with Crippen molar-refractivity contribution < 1.29 is 18.3 Å². The van der Waals surface area contributed by atoms with Crippen LogP contribution in [0.4, 0.5) is 8.78 Å². The van der Waals surface area contributed by atoms with Crippen molar-refractivity contribution in [2.75, 3.05) is 13.2 Å². The van der Waals surface area contributed by atoms with Crippen molar-refractivity contribution in [1.82, 2.24) is 0 Å². The SMILES string of the molecule is CCCOc1ccc(OCC2=CCC3C(CCC)CCC23)c(F)c1F. The number of hydrogen-bond donors (Lipinski definition) is 0. The highest BCUT2D eigenvalue weighted by molar-refractivity contribution is 5.35. The van der Waals surface area contributed by atoms with Crippen LogP contribution in [0.5, 0.6) is 11.5 Å². The first kappa shape index (κ1) is 18.2. The number of ether oxygens (including phenoxy) is 2. The molecule has 1 aromatic rings. The van der Waals surface area contributed by atoms with Gasteiger partial charge in [0.1, 0.15) is 6.61 Å². The zero-order valence-corrected chi connectivity index (χ0v) is 15.2. The summed E-state index contributed by atoms with van der Waals surface area (Å²) in [4.78, 5) is 0. The first-order valence-corrected chi connectivity index (χ1v) is 9.58. The second-order valence-corrected chi connectivity index (χ2v) is 7.24. The molecule has 2 nitrogen and oxygen atoms in total. The van der Waals surface area contributed by atoms with Gasteiger partial charge in [0.2, 0.25) is 11.6 Å². The number of fused-ring (bicyclic) bond motifs is 1. The maximum absolute atomic E-state index is 14.2. The van der Waals surface area contributed by atoms with Gasteiger partial charge in [0.05, 0.1) is 6.61 Å². The highest BCUT2D eigenvalue weighted by Crippen LogP contribution is 2.49. The largest absolute Gasteiger partial charge is 0.490 e. The molecule has 2 aliphatic carbocycles. The van der Waals surface area contributed by atoms with Crippen LogP contribution < -0.4 is 9.47 Å². The Balaban J connectivity index is 1.60. The molecule has 3 atom stereocenters. The standard InChI is InChI=1S/C21H28F2O2/c1-3-5-14-6-8-17-15(7-9-16(14)17)13-25-19-11-10-18(24-12-4-2)20(22)21(19)23/h7,10-11,14,16-17H,3-6,8-9,12-13H2,1-2H3. The average Bonchev–Trinajstić information content (AvgIpc) is 3.19. The summed E-state index contributed by atoms with van der Waals surface area (Å²) >= 11 is 0.